The molecule has 1 unspecified atom stereocenters. The Morgan fingerprint density at radius 3 is 2.88 bits per heavy atom. The third-order valence-electron chi connectivity index (χ3n) is 2.68. The van der Waals surface area contributed by atoms with E-state index in [9.17, 15) is 0 Å². The fourth-order valence-corrected chi connectivity index (χ4v) is 2.72. The van der Waals surface area contributed by atoms with Crippen LogP contribution in [0, 0.1) is 6.92 Å². The lowest BCUT2D eigenvalue weighted by Gasteiger charge is -2.16. The van der Waals surface area contributed by atoms with Crippen LogP contribution in [0.2, 0.25) is 0 Å². The molecule has 0 aliphatic heterocycles. The molecule has 0 amide bonds. The lowest BCUT2D eigenvalue weighted by molar-refractivity contribution is 0.594. The van der Waals surface area contributed by atoms with Crippen LogP contribution in [0.3, 0.4) is 0 Å². The SMILES string of the molecule is CCn1ccnc1C(NC)c1scnc1C. The molecule has 16 heavy (non-hydrogen) atoms. The fraction of sp³-hybridized carbons (Fsp3) is 0.455. The zero-order valence-electron chi connectivity index (χ0n) is 9.77. The third kappa shape index (κ3) is 1.88. The first kappa shape index (κ1) is 11.3. The van der Waals surface area contributed by atoms with E-state index in [2.05, 4.69) is 26.8 Å². The lowest BCUT2D eigenvalue weighted by Crippen LogP contribution is -2.21. The van der Waals surface area contributed by atoms with E-state index in [-0.39, 0.29) is 6.04 Å². The van der Waals surface area contributed by atoms with Crippen LogP contribution in [-0.2, 0) is 6.54 Å². The highest BCUT2D eigenvalue weighted by atomic mass is 32.1. The van der Waals surface area contributed by atoms with Crippen molar-refractivity contribution in [3.05, 3.63) is 34.3 Å². The average molecular weight is 236 g/mol. The van der Waals surface area contributed by atoms with Gasteiger partial charge < -0.3 is 9.88 Å². The molecule has 5 heteroatoms. The normalized spacial score (nSPS) is 12.9. The number of imidazole rings is 1. The largest absolute Gasteiger partial charge is 0.334 e. The summed E-state index contributed by atoms with van der Waals surface area (Å²) in [6, 6.07) is 0.141. The number of nitrogens with one attached hydrogen (secondary N) is 1. The molecule has 1 atom stereocenters. The highest BCUT2D eigenvalue weighted by molar-refractivity contribution is 7.09. The molecule has 1 N–H and O–H groups in total. The van der Waals surface area contributed by atoms with Crippen molar-refractivity contribution in [1.29, 1.82) is 0 Å². The number of nitrogens with zero attached hydrogens (tertiary/aromatic N) is 3. The van der Waals surface area contributed by atoms with Crippen LogP contribution in [0.4, 0.5) is 0 Å². The molecule has 86 valence electrons. The first-order valence-corrected chi connectivity index (χ1v) is 6.24. The molecule has 0 radical (unpaired) electrons. The van der Waals surface area contributed by atoms with Crippen LogP contribution in [0.15, 0.2) is 17.9 Å². The number of aromatic nitrogens is 3. The topological polar surface area (TPSA) is 42.7 Å². The maximum Gasteiger partial charge on any atom is 0.131 e. The van der Waals surface area contributed by atoms with Crippen LogP contribution in [0.1, 0.15) is 29.4 Å². The molecule has 2 aromatic heterocycles. The van der Waals surface area contributed by atoms with E-state index < -0.39 is 0 Å². The molecule has 2 heterocycles. The van der Waals surface area contributed by atoms with Gasteiger partial charge in [0, 0.05) is 18.9 Å². The van der Waals surface area contributed by atoms with Crippen LogP contribution < -0.4 is 5.32 Å². The minimum atomic E-state index is 0.141. The lowest BCUT2D eigenvalue weighted by atomic mass is 10.2. The second-order valence-electron chi connectivity index (χ2n) is 3.60. The quantitative estimate of drug-likeness (QED) is 0.882. The molecule has 0 bridgehead atoms. The second kappa shape index (κ2) is 4.76. The van der Waals surface area contributed by atoms with Gasteiger partial charge in [-0.05, 0) is 20.9 Å². The molecule has 0 aliphatic carbocycles. The van der Waals surface area contributed by atoms with Crippen molar-refractivity contribution in [2.75, 3.05) is 7.05 Å². The summed E-state index contributed by atoms with van der Waals surface area (Å²) in [4.78, 5) is 9.97. The van der Waals surface area contributed by atoms with Gasteiger partial charge in [0.15, 0.2) is 0 Å². The second-order valence-corrected chi connectivity index (χ2v) is 4.48. The molecular weight excluding hydrogens is 220 g/mol. The molecule has 0 fully saturated rings. The first-order valence-electron chi connectivity index (χ1n) is 5.36. The number of aryl methyl sites for hydroxylation is 2. The molecule has 0 saturated heterocycles. The van der Waals surface area contributed by atoms with Gasteiger partial charge >= 0.3 is 0 Å². The number of hydrogen-bond acceptors (Lipinski definition) is 4. The van der Waals surface area contributed by atoms with Gasteiger partial charge in [0.05, 0.1) is 16.1 Å². The van der Waals surface area contributed by atoms with Gasteiger partial charge in [-0.1, -0.05) is 0 Å². The van der Waals surface area contributed by atoms with E-state index >= 15 is 0 Å². The predicted molar refractivity (Wildman–Crippen MR) is 65.7 cm³/mol. The van der Waals surface area contributed by atoms with Crippen molar-refractivity contribution in [1.82, 2.24) is 19.9 Å². The van der Waals surface area contributed by atoms with E-state index in [4.69, 9.17) is 0 Å². The zero-order chi connectivity index (χ0) is 11.5. The summed E-state index contributed by atoms with van der Waals surface area (Å²) in [6.07, 6.45) is 3.86. The minimum Gasteiger partial charge on any atom is -0.334 e. The third-order valence-corrected chi connectivity index (χ3v) is 3.68. The summed E-state index contributed by atoms with van der Waals surface area (Å²) in [5, 5.41) is 3.31. The van der Waals surface area contributed by atoms with E-state index in [1.165, 1.54) is 4.88 Å². The van der Waals surface area contributed by atoms with Crippen molar-refractivity contribution in [3.8, 4) is 0 Å². The standard InChI is InChI=1S/C11H16N4S/c1-4-15-6-5-13-11(15)9(12-3)10-8(2)14-7-16-10/h5-7,9,12H,4H2,1-3H3. The van der Waals surface area contributed by atoms with Gasteiger partial charge in [-0.3, -0.25) is 0 Å². The molecule has 0 saturated carbocycles. The Labute approximate surface area is 99.4 Å². The first-order chi connectivity index (χ1) is 7.77. The van der Waals surface area contributed by atoms with Crippen LogP contribution in [0.5, 0.6) is 0 Å². The summed E-state index contributed by atoms with van der Waals surface area (Å²) in [6.45, 7) is 5.10. The van der Waals surface area contributed by atoms with Crippen molar-refractivity contribution < 1.29 is 0 Å². The summed E-state index contributed by atoms with van der Waals surface area (Å²) in [7, 11) is 1.96. The number of thiazole rings is 1. The maximum absolute atomic E-state index is 4.43. The predicted octanol–water partition coefficient (Wildman–Crippen LogP) is 1.98. The fourth-order valence-electron chi connectivity index (χ4n) is 1.81. The minimum absolute atomic E-state index is 0.141. The molecule has 0 aromatic carbocycles. The van der Waals surface area contributed by atoms with E-state index in [0.29, 0.717) is 0 Å². The molecular formula is C11H16N4S. The van der Waals surface area contributed by atoms with Crippen LogP contribution in [-0.4, -0.2) is 21.6 Å². The van der Waals surface area contributed by atoms with E-state index in [1.54, 1.807) is 11.3 Å². The maximum atomic E-state index is 4.43. The highest BCUT2D eigenvalue weighted by Gasteiger charge is 2.20. The van der Waals surface area contributed by atoms with Crippen LogP contribution in [0.25, 0.3) is 0 Å². The van der Waals surface area contributed by atoms with Crippen molar-refractivity contribution in [3.63, 3.8) is 0 Å². The number of hydrogen-bond donors (Lipinski definition) is 1. The smallest absolute Gasteiger partial charge is 0.131 e. The highest BCUT2D eigenvalue weighted by Crippen LogP contribution is 2.26. The molecule has 2 rings (SSSR count). The number of rotatable bonds is 4. The molecule has 0 spiro atoms. The Morgan fingerprint density at radius 2 is 2.31 bits per heavy atom. The van der Waals surface area contributed by atoms with Gasteiger partial charge in [0.1, 0.15) is 11.9 Å². The Balaban J connectivity index is 2.40. The zero-order valence-corrected chi connectivity index (χ0v) is 10.6. The molecule has 0 aliphatic rings. The summed E-state index contributed by atoms with van der Waals surface area (Å²) in [5.74, 6) is 1.05. The average Bonchev–Trinajstić information content (AvgIpc) is 2.90. The van der Waals surface area contributed by atoms with Gasteiger partial charge in [-0.2, -0.15) is 0 Å². The van der Waals surface area contributed by atoms with E-state index in [1.807, 2.05) is 31.9 Å². The Bertz CT molecular complexity index is 460. The van der Waals surface area contributed by atoms with Gasteiger partial charge in [0.25, 0.3) is 0 Å². The summed E-state index contributed by atoms with van der Waals surface area (Å²) in [5.41, 5.74) is 2.96. The van der Waals surface area contributed by atoms with Crippen molar-refractivity contribution in [2.24, 2.45) is 0 Å². The van der Waals surface area contributed by atoms with Gasteiger partial charge in [-0.25, -0.2) is 9.97 Å². The Kier molecular flexibility index (Phi) is 3.36. The summed E-state index contributed by atoms with van der Waals surface area (Å²) < 4.78 is 2.15. The van der Waals surface area contributed by atoms with Crippen molar-refractivity contribution >= 4 is 11.3 Å². The van der Waals surface area contributed by atoms with Gasteiger partial charge in [0.2, 0.25) is 0 Å². The van der Waals surface area contributed by atoms with Gasteiger partial charge in [-0.15, -0.1) is 11.3 Å². The van der Waals surface area contributed by atoms with Crippen molar-refractivity contribution in [2.45, 2.75) is 26.4 Å². The monoisotopic (exact) mass is 236 g/mol. The summed E-state index contributed by atoms with van der Waals surface area (Å²) >= 11 is 1.67. The Morgan fingerprint density at radius 1 is 1.50 bits per heavy atom. The molecule has 2 aromatic rings. The Hall–Kier alpha value is -1.20. The van der Waals surface area contributed by atoms with Crippen LogP contribution >= 0.6 is 11.3 Å². The molecule has 4 nitrogen and oxygen atoms in total. The van der Waals surface area contributed by atoms with E-state index in [0.717, 1.165) is 18.1 Å².